The number of ether oxygens (including phenoxy) is 2. The van der Waals surface area contributed by atoms with Gasteiger partial charge in [0.05, 0.1) is 12.6 Å². The molecule has 0 spiro atoms. The molecule has 3 aromatic rings. The van der Waals surface area contributed by atoms with Crippen LogP contribution in [0, 0.1) is 6.92 Å². The van der Waals surface area contributed by atoms with Crippen molar-refractivity contribution in [3.63, 3.8) is 0 Å². The lowest BCUT2D eigenvalue weighted by atomic mass is 10.1. The highest BCUT2D eigenvalue weighted by molar-refractivity contribution is 5.81. The van der Waals surface area contributed by atoms with Crippen molar-refractivity contribution < 1.29 is 14.3 Å². The van der Waals surface area contributed by atoms with Crippen molar-refractivity contribution in [1.29, 1.82) is 0 Å². The fourth-order valence-corrected chi connectivity index (χ4v) is 3.67. The monoisotopic (exact) mass is 416 g/mol. The van der Waals surface area contributed by atoms with Gasteiger partial charge in [-0.05, 0) is 49.2 Å². The van der Waals surface area contributed by atoms with Gasteiger partial charge >= 0.3 is 0 Å². The minimum Gasteiger partial charge on any atom is -0.486 e. The number of carbonyl (C=O) groups excluding carboxylic acids is 1. The molecule has 31 heavy (non-hydrogen) atoms. The maximum Gasteiger partial charge on any atom is 0.240 e. The largest absolute Gasteiger partial charge is 0.486 e. The second kappa shape index (κ2) is 9.56. The van der Waals surface area contributed by atoms with E-state index >= 15 is 0 Å². The SMILES string of the molecule is Cc1ccc(N(CC(=O)NC(C)c2ccc3c(c2)OCCO3)Cc2ccccc2)cc1. The van der Waals surface area contributed by atoms with Gasteiger partial charge in [0.15, 0.2) is 11.5 Å². The molecule has 0 fully saturated rings. The highest BCUT2D eigenvalue weighted by atomic mass is 16.6. The van der Waals surface area contributed by atoms with Gasteiger partial charge in [0, 0.05) is 12.2 Å². The van der Waals surface area contributed by atoms with Gasteiger partial charge in [-0.1, -0.05) is 54.1 Å². The number of benzene rings is 3. The molecule has 5 heteroatoms. The first kappa shape index (κ1) is 20.8. The van der Waals surface area contributed by atoms with Gasteiger partial charge in [-0.3, -0.25) is 4.79 Å². The summed E-state index contributed by atoms with van der Waals surface area (Å²) in [6.07, 6.45) is 0. The Balaban J connectivity index is 1.45. The molecule has 3 aromatic carbocycles. The van der Waals surface area contributed by atoms with Crippen molar-refractivity contribution >= 4 is 11.6 Å². The third-order valence-corrected chi connectivity index (χ3v) is 5.39. The van der Waals surface area contributed by atoms with Crippen LogP contribution in [-0.4, -0.2) is 25.7 Å². The third kappa shape index (κ3) is 5.37. The summed E-state index contributed by atoms with van der Waals surface area (Å²) in [7, 11) is 0. The van der Waals surface area contributed by atoms with Crippen LogP contribution in [0.5, 0.6) is 11.5 Å². The van der Waals surface area contributed by atoms with Crippen LogP contribution in [0.4, 0.5) is 5.69 Å². The van der Waals surface area contributed by atoms with Crippen LogP contribution in [-0.2, 0) is 11.3 Å². The summed E-state index contributed by atoms with van der Waals surface area (Å²) in [4.78, 5) is 15.0. The Kier molecular flexibility index (Phi) is 6.41. The summed E-state index contributed by atoms with van der Waals surface area (Å²) < 4.78 is 11.3. The summed E-state index contributed by atoms with van der Waals surface area (Å²) in [5, 5.41) is 3.12. The van der Waals surface area contributed by atoms with E-state index in [0.717, 1.165) is 28.3 Å². The number of fused-ring (bicyclic) bond motifs is 1. The molecular weight excluding hydrogens is 388 g/mol. The summed E-state index contributed by atoms with van der Waals surface area (Å²) in [5.41, 5.74) is 4.37. The molecule has 0 bridgehead atoms. The minimum absolute atomic E-state index is 0.0288. The molecule has 1 aliphatic heterocycles. The Morgan fingerprint density at radius 1 is 0.968 bits per heavy atom. The maximum atomic E-state index is 12.9. The van der Waals surface area contributed by atoms with Crippen LogP contribution >= 0.6 is 0 Å². The molecule has 1 unspecified atom stereocenters. The van der Waals surface area contributed by atoms with Crippen LogP contribution in [0.2, 0.25) is 0 Å². The predicted octanol–water partition coefficient (Wildman–Crippen LogP) is 4.65. The molecule has 1 aliphatic rings. The molecule has 1 N–H and O–H groups in total. The molecule has 0 saturated carbocycles. The number of aryl methyl sites for hydroxylation is 1. The minimum atomic E-state index is -0.139. The summed E-state index contributed by atoms with van der Waals surface area (Å²) in [6, 6.07) is 24.2. The van der Waals surface area contributed by atoms with Gasteiger partial charge in [0.1, 0.15) is 13.2 Å². The van der Waals surface area contributed by atoms with Crippen molar-refractivity contribution in [3.05, 3.63) is 89.5 Å². The topological polar surface area (TPSA) is 50.8 Å². The van der Waals surface area contributed by atoms with Gasteiger partial charge in [-0.15, -0.1) is 0 Å². The highest BCUT2D eigenvalue weighted by Gasteiger charge is 2.18. The number of nitrogens with one attached hydrogen (secondary N) is 1. The normalized spacial score (nSPS) is 13.4. The molecule has 1 amide bonds. The Labute approximate surface area is 183 Å². The van der Waals surface area contributed by atoms with Crippen molar-refractivity contribution in [2.45, 2.75) is 26.4 Å². The number of hydrogen-bond acceptors (Lipinski definition) is 4. The number of anilines is 1. The van der Waals surface area contributed by atoms with Crippen molar-refractivity contribution in [2.24, 2.45) is 0 Å². The quantitative estimate of drug-likeness (QED) is 0.609. The van der Waals surface area contributed by atoms with Crippen LogP contribution < -0.4 is 19.7 Å². The lowest BCUT2D eigenvalue weighted by molar-refractivity contribution is -0.120. The van der Waals surface area contributed by atoms with E-state index in [9.17, 15) is 4.79 Å². The Hall–Kier alpha value is -3.47. The molecule has 0 aromatic heterocycles. The Morgan fingerprint density at radius 3 is 2.42 bits per heavy atom. The second-order valence-corrected chi connectivity index (χ2v) is 7.87. The fraction of sp³-hybridized carbons (Fsp3) is 0.269. The molecule has 5 nitrogen and oxygen atoms in total. The predicted molar refractivity (Wildman–Crippen MR) is 123 cm³/mol. The van der Waals surface area contributed by atoms with Crippen LogP contribution in [0.15, 0.2) is 72.8 Å². The number of hydrogen-bond donors (Lipinski definition) is 1. The number of carbonyl (C=O) groups is 1. The number of rotatable bonds is 7. The summed E-state index contributed by atoms with van der Waals surface area (Å²) in [5.74, 6) is 1.45. The number of amides is 1. The van der Waals surface area contributed by atoms with Crippen molar-refractivity contribution in [2.75, 3.05) is 24.7 Å². The molecule has 4 rings (SSSR count). The van der Waals surface area contributed by atoms with E-state index in [1.807, 2.05) is 43.3 Å². The van der Waals surface area contributed by atoms with E-state index in [2.05, 4.69) is 53.5 Å². The van der Waals surface area contributed by atoms with Gasteiger partial charge in [-0.25, -0.2) is 0 Å². The average molecular weight is 417 g/mol. The van der Waals surface area contributed by atoms with Gasteiger partial charge < -0.3 is 19.7 Å². The standard InChI is InChI=1S/C26H28N2O3/c1-19-8-11-23(12-9-19)28(17-21-6-4-3-5-7-21)18-26(29)27-20(2)22-10-13-24-25(16-22)31-15-14-30-24/h3-13,16,20H,14-15,17-18H2,1-2H3,(H,27,29). The zero-order chi connectivity index (χ0) is 21.6. The highest BCUT2D eigenvalue weighted by Crippen LogP contribution is 2.32. The van der Waals surface area contributed by atoms with Crippen LogP contribution in [0.25, 0.3) is 0 Å². The van der Waals surface area contributed by atoms with Gasteiger partial charge in [0.25, 0.3) is 0 Å². The molecule has 0 aliphatic carbocycles. The molecule has 1 heterocycles. The lowest BCUT2D eigenvalue weighted by Gasteiger charge is -2.26. The Morgan fingerprint density at radius 2 is 1.68 bits per heavy atom. The fourth-order valence-electron chi connectivity index (χ4n) is 3.67. The van der Waals surface area contributed by atoms with E-state index < -0.39 is 0 Å². The third-order valence-electron chi connectivity index (χ3n) is 5.39. The molecule has 0 saturated heterocycles. The number of nitrogens with zero attached hydrogens (tertiary/aromatic N) is 1. The first-order valence-corrected chi connectivity index (χ1v) is 10.6. The Bertz CT molecular complexity index is 1020. The van der Waals surface area contributed by atoms with Gasteiger partial charge in [0.2, 0.25) is 5.91 Å². The second-order valence-electron chi connectivity index (χ2n) is 7.87. The first-order valence-electron chi connectivity index (χ1n) is 10.6. The summed E-state index contributed by atoms with van der Waals surface area (Å²) >= 11 is 0. The van der Waals surface area contributed by atoms with E-state index in [1.165, 1.54) is 5.56 Å². The van der Waals surface area contributed by atoms with Crippen molar-refractivity contribution in [1.82, 2.24) is 5.32 Å². The van der Waals surface area contributed by atoms with E-state index in [4.69, 9.17) is 9.47 Å². The van der Waals surface area contributed by atoms with Crippen LogP contribution in [0.1, 0.15) is 29.7 Å². The zero-order valence-electron chi connectivity index (χ0n) is 18.0. The van der Waals surface area contributed by atoms with Crippen molar-refractivity contribution in [3.8, 4) is 11.5 Å². The molecular formula is C26H28N2O3. The average Bonchev–Trinajstić information content (AvgIpc) is 2.79. The smallest absolute Gasteiger partial charge is 0.240 e. The maximum absolute atomic E-state index is 12.9. The van der Waals surface area contributed by atoms with Gasteiger partial charge in [-0.2, -0.15) is 0 Å². The zero-order valence-corrected chi connectivity index (χ0v) is 18.0. The molecule has 0 radical (unpaired) electrons. The van der Waals surface area contributed by atoms with E-state index in [1.54, 1.807) is 0 Å². The molecule has 160 valence electrons. The van der Waals surface area contributed by atoms with E-state index in [0.29, 0.717) is 19.8 Å². The molecule has 1 atom stereocenters. The van der Waals surface area contributed by atoms with E-state index in [-0.39, 0.29) is 18.5 Å². The van der Waals surface area contributed by atoms with Crippen LogP contribution in [0.3, 0.4) is 0 Å². The summed E-state index contributed by atoms with van der Waals surface area (Å²) in [6.45, 7) is 6.09. The lowest BCUT2D eigenvalue weighted by Crippen LogP contribution is -2.38. The first-order chi connectivity index (χ1) is 15.1.